The van der Waals surface area contributed by atoms with Crippen molar-refractivity contribution in [2.45, 2.75) is 32.2 Å². The first-order valence-corrected chi connectivity index (χ1v) is 7.00. The lowest BCUT2D eigenvalue weighted by Gasteiger charge is -2.32. The monoisotopic (exact) mass is 270 g/mol. The third-order valence-corrected chi connectivity index (χ3v) is 3.75. The molecule has 0 bridgehead atoms. The standard InChI is InChI=1S/C14H20ClFN2/c1-2-7-18-8-5-12(6-9-18)17-14-10-11(16)3-4-13(14)15/h3-4,10,12,17H,2,5-9H2,1H3. The van der Waals surface area contributed by atoms with Crippen LogP contribution in [0.25, 0.3) is 0 Å². The number of rotatable bonds is 4. The lowest BCUT2D eigenvalue weighted by molar-refractivity contribution is 0.219. The average molecular weight is 271 g/mol. The van der Waals surface area contributed by atoms with Crippen molar-refractivity contribution in [3.63, 3.8) is 0 Å². The van der Waals surface area contributed by atoms with Crippen molar-refractivity contribution >= 4 is 17.3 Å². The van der Waals surface area contributed by atoms with Crippen molar-refractivity contribution in [3.8, 4) is 0 Å². The summed E-state index contributed by atoms with van der Waals surface area (Å²) < 4.78 is 13.2. The molecule has 0 amide bonds. The molecule has 0 aliphatic carbocycles. The maximum atomic E-state index is 13.2. The molecule has 1 aromatic rings. The third-order valence-electron chi connectivity index (χ3n) is 3.42. The fourth-order valence-corrected chi connectivity index (χ4v) is 2.62. The average Bonchev–Trinajstić information content (AvgIpc) is 2.37. The molecule has 0 unspecified atom stereocenters. The van der Waals surface area contributed by atoms with Crippen LogP contribution in [0.1, 0.15) is 26.2 Å². The van der Waals surface area contributed by atoms with Crippen LogP contribution in [0.15, 0.2) is 18.2 Å². The number of hydrogen-bond acceptors (Lipinski definition) is 2. The van der Waals surface area contributed by atoms with E-state index < -0.39 is 0 Å². The normalized spacial score (nSPS) is 17.9. The van der Waals surface area contributed by atoms with Crippen molar-refractivity contribution < 1.29 is 4.39 Å². The lowest BCUT2D eigenvalue weighted by Crippen LogP contribution is -2.39. The number of halogens is 2. The quantitative estimate of drug-likeness (QED) is 0.896. The van der Waals surface area contributed by atoms with Crippen LogP contribution in [0.3, 0.4) is 0 Å². The van der Waals surface area contributed by atoms with Crippen molar-refractivity contribution in [3.05, 3.63) is 29.0 Å². The van der Waals surface area contributed by atoms with Gasteiger partial charge in [0.25, 0.3) is 0 Å². The second kappa shape index (κ2) is 6.39. The van der Waals surface area contributed by atoms with E-state index in [1.165, 1.54) is 25.1 Å². The minimum atomic E-state index is -0.245. The van der Waals surface area contributed by atoms with Gasteiger partial charge in [-0.05, 0) is 44.0 Å². The number of anilines is 1. The number of piperidine rings is 1. The minimum absolute atomic E-state index is 0.245. The van der Waals surface area contributed by atoms with Crippen molar-refractivity contribution in [1.82, 2.24) is 4.90 Å². The lowest BCUT2D eigenvalue weighted by atomic mass is 10.0. The molecule has 1 fully saturated rings. The first kappa shape index (κ1) is 13.6. The molecule has 0 spiro atoms. The third kappa shape index (κ3) is 3.59. The van der Waals surface area contributed by atoms with Gasteiger partial charge in [0.05, 0.1) is 10.7 Å². The Hall–Kier alpha value is -0.800. The van der Waals surface area contributed by atoms with E-state index in [-0.39, 0.29) is 5.82 Å². The predicted molar refractivity (Wildman–Crippen MR) is 74.8 cm³/mol. The summed E-state index contributed by atoms with van der Waals surface area (Å²) >= 11 is 6.05. The van der Waals surface area contributed by atoms with Crippen LogP contribution in [0.5, 0.6) is 0 Å². The summed E-state index contributed by atoms with van der Waals surface area (Å²) in [7, 11) is 0. The Morgan fingerprint density at radius 1 is 1.39 bits per heavy atom. The summed E-state index contributed by atoms with van der Waals surface area (Å²) in [5, 5.41) is 3.94. The van der Waals surface area contributed by atoms with E-state index in [0.29, 0.717) is 16.8 Å². The van der Waals surface area contributed by atoms with Gasteiger partial charge in [0, 0.05) is 19.1 Å². The molecule has 2 nitrogen and oxygen atoms in total. The van der Waals surface area contributed by atoms with Crippen LogP contribution in [-0.2, 0) is 0 Å². The fraction of sp³-hybridized carbons (Fsp3) is 0.571. The van der Waals surface area contributed by atoms with Gasteiger partial charge in [-0.2, -0.15) is 0 Å². The SMILES string of the molecule is CCCN1CCC(Nc2cc(F)ccc2Cl)CC1. The van der Waals surface area contributed by atoms with E-state index in [2.05, 4.69) is 17.1 Å². The summed E-state index contributed by atoms with van der Waals surface area (Å²) in [5.74, 6) is -0.245. The van der Waals surface area contributed by atoms with E-state index in [0.717, 1.165) is 25.9 Å². The Bertz CT molecular complexity index is 389. The van der Waals surface area contributed by atoms with Gasteiger partial charge in [-0.3, -0.25) is 0 Å². The molecule has 18 heavy (non-hydrogen) atoms. The van der Waals surface area contributed by atoms with Crippen LogP contribution >= 0.6 is 11.6 Å². The first-order valence-electron chi connectivity index (χ1n) is 6.63. The Labute approximate surface area is 113 Å². The minimum Gasteiger partial charge on any atom is -0.381 e. The second-order valence-corrected chi connectivity index (χ2v) is 5.29. The largest absolute Gasteiger partial charge is 0.381 e. The Balaban J connectivity index is 1.89. The van der Waals surface area contributed by atoms with Gasteiger partial charge in [0.2, 0.25) is 0 Å². The zero-order chi connectivity index (χ0) is 13.0. The molecule has 1 heterocycles. The molecule has 0 aromatic heterocycles. The van der Waals surface area contributed by atoms with Gasteiger partial charge in [0.15, 0.2) is 0 Å². The molecule has 1 N–H and O–H groups in total. The molecule has 1 aliphatic rings. The molecule has 1 aliphatic heterocycles. The smallest absolute Gasteiger partial charge is 0.125 e. The molecular weight excluding hydrogens is 251 g/mol. The predicted octanol–water partition coefficient (Wildman–Crippen LogP) is 3.77. The van der Waals surface area contributed by atoms with E-state index >= 15 is 0 Å². The van der Waals surface area contributed by atoms with E-state index in [9.17, 15) is 4.39 Å². The van der Waals surface area contributed by atoms with Crippen LogP contribution in [0, 0.1) is 5.82 Å². The van der Waals surface area contributed by atoms with Crippen molar-refractivity contribution in [2.75, 3.05) is 25.0 Å². The van der Waals surface area contributed by atoms with E-state index in [4.69, 9.17) is 11.6 Å². The first-order chi connectivity index (χ1) is 8.69. The summed E-state index contributed by atoms with van der Waals surface area (Å²) in [6.07, 6.45) is 3.38. The Morgan fingerprint density at radius 3 is 2.78 bits per heavy atom. The topological polar surface area (TPSA) is 15.3 Å². The summed E-state index contributed by atoms with van der Waals surface area (Å²) in [5.41, 5.74) is 0.714. The van der Waals surface area contributed by atoms with Gasteiger partial charge in [-0.15, -0.1) is 0 Å². The molecule has 0 radical (unpaired) electrons. The molecular formula is C14H20ClFN2. The molecule has 1 aromatic carbocycles. The van der Waals surface area contributed by atoms with Crippen LogP contribution in [-0.4, -0.2) is 30.6 Å². The number of hydrogen-bond donors (Lipinski definition) is 1. The van der Waals surface area contributed by atoms with Crippen molar-refractivity contribution in [1.29, 1.82) is 0 Å². The highest BCUT2D eigenvalue weighted by Gasteiger charge is 2.19. The number of likely N-dealkylation sites (tertiary alicyclic amines) is 1. The Morgan fingerprint density at radius 2 is 2.11 bits per heavy atom. The number of nitrogens with one attached hydrogen (secondary N) is 1. The summed E-state index contributed by atoms with van der Waals surface area (Å²) in [6.45, 7) is 5.60. The van der Waals surface area contributed by atoms with Gasteiger partial charge < -0.3 is 10.2 Å². The van der Waals surface area contributed by atoms with E-state index in [1.54, 1.807) is 6.07 Å². The maximum absolute atomic E-state index is 13.2. The highest BCUT2D eigenvalue weighted by molar-refractivity contribution is 6.33. The zero-order valence-corrected chi connectivity index (χ0v) is 11.5. The summed E-state index contributed by atoms with van der Waals surface area (Å²) in [6, 6.07) is 4.86. The van der Waals surface area contributed by atoms with E-state index in [1.807, 2.05) is 0 Å². The molecule has 4 heteroatoms. The van der Waals surface area contributed by atoms with Gasteiger partial charge in [0.1, 0.15) is 5.82 Å². The van der Waals surface area contributed by atoms with Crippen molar-refractivity contribution in [2.24, 2.45) is 0 Å². The molecule has 0 saturated carbocycles. The molecule has 1 saturated heterocycles. The van der Waals surface area contributed by atoms with Crippen LogP contribution < -0.4 is 5.32 Å². The molecule has 100 valence electrons. The highest BCUT2D eigenvalue weighted by Crippen LogP contribution is 2.25. The van der Waals surface area contributed by atoms with Gasteiger partial charge in [-0.25, -0.2) is 4.39 Å². The van der Waals surface area contributed by atoms with Gasteiger partial charge >= 0.3 is 0 Å². The molecule has 0 atom stereocenters. The van der Waals surface area contributed by atoms with Gasteiger partial charge in [-0.1, -0.05) is 18.5 Å². The second-order valence-electron chi connectivity index (χ2n) is 4.88. The van der Waals surface area contributed by atoms with Crippen LogP contribution in [0.4, 0.5) is 10.1 Å². The number of benzene rings is 1. The van der Waals surface area contributed by atoms with Crippen LogP contribution in [0.2, 0.25) is 5.02 Å². The fourth-order valence-electron chi connectivity index (χ4n) is 2.45. The number of nitrogens with zero attached hydrogens (tertiary/aromatic N) is 1. The highest BCUT2D eigenvalue weighted by atomic mass is 35.5. The summed E-state index contributed by atoms with van der Waals surface area (Å²) in [4.78, 5) is 2.48. The molecule has 2 rings (SSSR count). The maximum Gasteiger partial charge on any atom is 0.125 e. The Kier molecular flexibility index (Phi) is 4.84. The zero-order valence-electron chi connectivity index (χ0n) is 10.8.